The Morgan fingerprint density at radius 1 is 1.65 bits per heavy atom. The van der Waals surface area contributed by atoms with Gasteiger partial charge < -0.3 is 15.7 Å². The van der Waals surface area contributed by atoms with Crippen molar-refractivity contribution in [3.05, 3.63) is 53.8 Å². The lowest BCUT2D eigenvalue weighted by atomic mass is 10.2. The van der Waals surface area contributed by atoms with E-state index < -0.39 is 5.97 Å². The maximum Gasteiger partial charge on any atom is 0.395 e. The van der Waals surface area contributed by atoms with Crippen LogP contribution < -0.4 is 5.32 Å². The molecule has 0 aliphatic carbocycles. The highest BCUT2D eigenvalue weighted by Gasteiger charge is 2.14. The highest BCUT2D eigenvalue weighted by molar-refractivity contribution is 5.94. The molecule has 106 valence electrons. The summed E-state index contributed by atoms with van der Waals surface area (Å²) in [5, 5.41) is 10.3. The molecule has 0 spiro atoms. The van der Waals surface area contributed by atoms with Crippen LogP contribution in [0.2, 0.25) is 0 Å². The van der Waals surface area contributed by atoms with E-state index in [1.807, 2.05) is 25.2 Å². The number of anilines is 1. The Kier molecular flexibility index (Phi) is 5.96. The summed E-state index contributed by atoms with van der Waals surface area (Å²) in [5.41, 5.74) is 1.29. The Morgan fingerprint density at radius 3 is 2.95 bits per heavy atom. The first-order chi connectivity index (χ1) is 9.65. The second-order valence-corrected chi connectivity index (χ2v) is 3.85. The van der Waals surface area contributed by atoms with E-state index in [1.54, 1.807) is 6.08 Å². The molecule has 0 radical (unpaired) electrons. The normalized spacial score (nSPS) is 11.4. The van der Waals surface area contributed by atoms with Crippen LogP contribution in [-0.2, 0) is 4.94 Å². The topological polar surface area (TPSA) is 78.0 Å². The highest BCUT2D eigenvalue weighted by atomic mass is 19.3. The summed E-state index contributed by atoms with van der Waals surface area (Å²) in [6.45, 7) is 6.04. The third-order valence-corrected chi connectivity index (χ3v) is 2.53. The van der Waals surface area contributed by atoms with Crippen LogP contribution in [0.25, 0.3) is 0 Å². The van der Waals surface area contributed by atoms with Crippen molar-refractivity contribution in [2.24, 2.45) is 0 Å². The van der Waals surface area contributed by atoms with Gasteiger partial charge in [0.1, 0.15) is 11.5 Å². The predicted molar refractivity (Wildman–Crippen MR) is 76.8 cm³/mol. The van der Waals surface area contributed by atoms with E-state index in [-0.39, 0.29) is 5.69 Å². The van der Waals surface area contributed by atoms with Gasteiger partial charge in [0.25, 0.3) is 0 Å². The molecular weight excluding hydrogens is 261 g/mol. The molecule has 0 aliphatic heterocycles. The number of carbonyl (C=O) groups excluding carboxylic acids is 1. The Balaban J connectivity index is 2.86. The van der Waals surface area contributed by atoms with Crippen LogP contribution in [0.5, 0.6) is 0 Å². The van der Waals surface area contributed by atoms with Gasteiger partial charge in [-0.1, -0.05) is 30.9 Å². The standard InChI is InChI=1S/C14H16FN3O2/c1-3-5-6-10(4-2)9-17-13-11(8-16)7-12(18-13)14(19)20-15/h3-8,16-18H,2,9H2,1H3/b5-3-,10-6+,16-8?. The molecule has 0 aromatic carbocycles. The minimum absolute atomic E-state index is 0.0638. The maximum absolute atomic E-state index is 11.8. The van der Waals surface area contributed by atoms with E-state index in [0.717, 1.165) is 11.8 Å². The second kappa shape index (κ2) is 7.73. The third kappa shape index (κ3) is 3.94. The number of carbonyl (C=O) groups is 1. The van der Waals surface area contributed by atoms with Gasteiger partial charge in [-0.2, -0.15) is 0 Å². The zero-order valence-electron chi connectivity index (χ0n) is 11.1. The average Bonchev–Trinajstić information content (AvgIpc) is 2.90. The number of aromatic nitrogens is 1. The van der Waals surface area contributed by atoms with Gasteiger partial charge in [0.05, 0.1) is 0 Å². The molecule has 1 heterocycles. The minimum Gasteiger partial charge on any atom is -0.367 e. The fourth-order valence-corrected chi connectivity index (χ4v) is 1.49. The summed E-state index contributed by atoms with van der Waals surface area (Å²) >= 11 is 0. The van der Waals surface area contributed by atoms with E-state index >= 15 is 0 Å². The fraction of sp³-hybridized carbons (Fsp3) is 0.143. The van der Waals surface area contributed by atoms with Crippen LogP contribution in [0.4, 0.5) is 10.3 Å². The van der Waals surface area contributed by atoms with Gasteiger partial charge in [0, 0.05) is 22.8 Å². The summed E-state index contributed by atoms with van der Waals surface area (Å²) in [7, 11) is 0. The Labute approximate surface area is 116 Å². The molecule has 0 amide bonds. The molecule has 1 rings (SSSR count). The van der Waals surface area contributed by atoms with E-state index in [9.17, 15) is 9.32 Å². The van der Waals surface area contributed by atoms with Gasteiger partial charge in [0.2, 0.25) is 0 Å². The number of hydrogen-bond acceptors (Lipinski definition) is 4. The zero-order valence-corrected chi connectivity index (χ0v) is 11.1. The zero-order chi connectivity index (χ0) is 15.0. The molecule has 0 aliphatic rings. The van der Waals surface area contributed by atoms with Gasteiger partial charge >= 0.3 is 5.97 Å². The third-order valence-electron chi connectivity index (χ3n) is 2.53. The first kappa shape index (κ1) is 15.4. The molecule has 0 fully saturated rings. The van der Waals surface area contributed by atoms with Crippen molar-refractivity contribution in [2.45, 2.75) is 6.92 Å². The number of halogens is 1. The van der Waals surface area contributed by atoms with Crippen molar-refractivity contribution in [3.63, 3.8) is 0 Å². The lowest BCUT2D eigenvalue weighted by Gasteiger charge is -2.05. The Hall–Kier alpha value is -2.63. The monoisotopic (exact) mass is 277 g/mol. The van der Waals surface area contributed by atoms with Gasteiger partial charge in [-0.25, -0.2) is 9.74 Å². The summed E-state index contributed by atoms with van der Waals surface area (Å²) in [6.07, 6.45) is 8.38. The molecule has 0 atom stereocenters. The van der Waals surface area contributed by atoms with Crippen molar-refractivity contribution in [1.82, 2.24) is 4.98 Å². The molecule has 1 aromatic heterocycles. The van der Waals surface area contributed by atoms with Crippen molar-refractivity contribution in [3.8, 4) is 0 Å². The first-order valence-electron chi connectivity index (χ1n) is 5.90. The summed E-state index contributed by atoms with van der Waals surface area (Å²) in [6, 6.07) is 1.33. The van der Waals surface area contributed by atoms with Gasteiger partial charge in [0.15, 0.2) is 0 Å². The highest BCUT2D eigenvalue weighted by Crippen LogP contribution is 2.16. The molecule has 0 bridgehead atoms. The molecule has 0 saturated heterocycles. The largest absolute Gasteiger partial charge is 0.395 e. The number of nitrogens with one attached hydrogen (secondary N) is 3. The van der Waals surface area contributed by atoms with Crippen LogP contribution in [0.3, 0.4) is 0 Å². The molecule has 20 heavy (non-hydrogen) atoms. The van der Waals surface area contributed by atoms with Crippen LogP contribution in [0, 0.1) is 5.41 Å². The maximum atomic E-state index is 11.8. The van der Waals surface area contributed by atoms with E-state index in [2.05, 4.69) is 21.8 Å². The molecular formula is C14H16FN3O2. The molecule has 6 heteroatoms. The van der Waals surface area contributed by atoms with Crippen LogP contribution in [-0.4, -0.2) is 23.7 Å². The first-order valence-corrected chi connectivity index (χ1v) is 5.90. The second-order valence-electron chi connectivity index (χ2n) is 3.85. The molecule has 0 unspecified atom stereocenters. The average molecular weight is 277 g/mol. The van der Waals surface area contributed by atoms with Crippen LogP contribution >= 0.6 is 0 Å². The van der Waals surface area contributed by atoms with E-state index in [4.69, 9.17) is 5.41 Å². The molecule has 0 saturated carbocycles. The van der Waals surface area contributed by atoms with E-state index in [0.29, 0.717) is 17.9 Å². The van der Waals surface area contributed by atoms with Crippen LogP contribution in [0.15, 0.2) is 42.5 Å². The summed E-state index contributed by atoms with van der Waals surface area (Å²) < 4.78 is 11.8. The van der Waals surface area contributed by atoms with Gasteiger partial charge in [-0.3, -0.25) is 0 Å². The van der Waals surface area contributed by atoms with Crippen molar-refractivity contribution in [1.29, 1.82) is 5.41 Å². The Morgan fingerprint density at radius 2 is 2.40 bits per heavy atom. The minimum atomic E-state index is -1.13. The molecule has 5 nitrogen and oxygen atoms in total. The Bertz CT molecular complexity index is 559. The quantitative estimate of drug-likeness (QED) is 0.529. The number of allylic oxidation sites excluding steroid dienone is 3. The molecule has 1 aromatic rings. The van der Waals surface area contributed by atoms with Crippen molar-refractivity contribution in [2.75, 3.05) is 11.9 Å². The number of rotatable bonds is 7. The van der Waals surface area contributed by atoms with Gasteiger partial charge in [-0.05, 0) is 18.6 Å². The van der Waals surface area contributed by atoms with Crippen molar-refractivity contribution < 1.29 is 14.3 Å². The van der Waals surface area contributed by atoms with Gasteiger partial charge in [-0.15, -0.1) is 0 Å². The fourth-order valence-electron chi connectivity index (χ4n) is 1.49. The number of H-pyrrole nitrogens is 1. The molecule has 3 N–H and O–H groups in total. The predicted octanol–water partition coefficient (Wildman–Crippen LogP) is 3.15. The van der Waals surface area contributed by atoms with E-state index in [1.165, 1.54) is 6.07 Å². The van der Waals surface area contributed by atoms with Crippen molar-refractivity contribution >= 4 is 18.0 Å². The lowest BCUT2D eigenvalue weighted by molar-refractivity contribution is -0.0792. The number of aromatic amines is 1. The number of hydrogen-bond donors (Lipinski definition) is 3. The smallest absolute Gasteiger partial charge is 0.367 e. The SMILES string of the molecule is C=C/C(=C\C=C/C)CNc1[nH]c(C(=O)OF)cc1C=N. The van der Waals surface area contributed by atoms with Crippen LogP contribution in [0.1, 0.15) is 23.0 Å². The lowest BCUT2D eigenvalue weighted by Crippen LogP contribution is -2.06. The summed E-state index contributed by atoms with van der Waals surface area (Å²) in [4.78, 5) is 16.9. The summed E-state index contributed by atoms with van der Waals surface area (Å²) in [5.74, 6) is -0.691.